The van der Waals surface area contributed by atoms with Gasteiger partial charge in [-0.05, 0) is 12.8 Å². The van der Waals surface area contributed by atoms with Crippen molar-refractivity contribution in [2.45, 2.75) is 33.1 Å². The molecule has 0 rings (SSSR count). The molecule has 0 aliphatic carbocycles. The van der Waals surface area contributed by atoms with Crippen molar-refractivity contribution in [3.63, 3.8) is 0 Å². The molecule has 3 heteroatoms. The lowest BCUT2D eigenvalue weighted by atomic mass is 10.3. The lowest BCUT2D eigenvalue weighted by Crippen LogP contribution is -2.38. The summed E-state index contributed by atoms with van der Waals surface area (Å²) in [6, 6.07) is 0.0466. The van der Waals surface area contributed by atoms with E-state index in [9.17, 15) is 4.79 Å². The number of amides is 2. The third-order valence-corrected chi connectivity index (χ3v) is 1.72. The van der Waals surface area contributed by atoms with Crippen molar-refractivity contribution in [3.8, 4) is 0 Å². The second-order valence-corrected chi connectivity index (χ2v) is 3.01. The lowest BCUT2D eigenvalue weighted by molar-refractivity contribution is 0.208. The van der Waals surface area contributed by atoms with Crippen LogP contribution in [0.5, 0.6) is 0 Å². The first-order chi connectivity index (χ1) is 5.72. The van der Waals surface area contributed by atoms with E-state index in [0.717, 1.165) is 32.4 Å². The van der Waals surface area contributed by atoms with Gasteiger partial charge in [0.25, 0.3) is 0 Å². The molecule has 3 nitrogen and oxygen atoms in total. The van der Waals surface area contributed by atoms with Crippen LogP contribution in [-0.2, 0) is 0 Å². The molecular weight excluding hydrogens is 152 g/mol. The van der Waals surface area contributed by atoms with Crippen molar-refractivity contribution in [2.24, 2.45) is 0 Å². The third kappa shape index (κ3) is 4.99. The predicted molar refractivity (Wildman–Crippen MR) is 51.2 cm³/mol. The Morgan fingerprint density at radius 3 is 2.50 bits per heavy atom. The van der Waals surface area contributed by atoms with Crippen LogP contribution in [0.15, 0.2) is 0 Å². The standard InChI is InChI=1S/C9H20N2O/c1-4-6-8-11(3)9(12)10-7-5-2/h4-8H2,1-3H3,(H,10,12). The number of unbranched alkanes of at least 4 members (excludes halogenated alkanes) is 1. The third-order valence-electron chi connectivity index (χ3n) is 1.72. The van der Waals surface area contributed by atoms with Crippen molar-refractivity contribution in [1.82, 2.24) is 10.2 Å². The van der Waals surface area contributed by atoms with Gasteiger partial charge < -0.3 is 10.2 Å². The van der Waals surface area contributed by atoms with Crippen molar-refractivity contribution in [2.75, 3.05) is 20.1 Å². The molecule has 0 aromatic carbocycles. The Hall–Kier alpha value is -0.730. The van der Waals surface area contributed by atoms with Gasteiger partial charge in [0.1, 0.15) is 0 Å². The Bertz CT molecular complexity index is 126. The van der Waals surface area contributed by atoms with Crippen molar-refractivity contribution >= 4 is 6.03 Å². The zero-order chi connectivity index (χ0) is 9.40. The number of urea groups is 1. The molecule has 0 aliphatic heterocycles. The molecule has 0 atom stereocenters. The maximum Gasteiger partial charge on any atom is 0.317 e. The molecule has 0 spiro atoms. The fraction of sp³-hybridized carbons (Fsp3) is 0.889. The highest BCUT2D eigenvalue weighted by Gasteiger charge is 2.04. The van der Waals surface area contributed by atoms with Crippen LogP contribution in [0.3, 0.4) is 0 Å². The van der Waals surface area contributed by atoms with Gasteiger partial charge >= 0.3 is 6.03 Å². The van der Waals surface area contributed by atoms with E-state index in [-0.39, 0.29) is 6.03 Å². The zero-order valence-electron chi connectivity index (χ0n) is 8.39. The maximum absolute atomic E-state index is 11.2. The number of rotatable bonds is 5. The predicted octanol–water partition coefficient (Wildman–Crippen LogP) is 1.84. The fourth-order valence-corrected chi connectivity index (χ4v) is 0.864. The van der Waals surface area contributed by atoms with Crippen LogP contribution in [0.25, 0.3) is 0 Å². The van der Waals surface area contributed by atoms with E-state index in [0.29, 0.717) is 0 Å². The first kappa shape index (κ1) is 11.3. The minimum absolute atomic E-state index is 0.0466. The Morgan fingerprint density at radius 1 is 1.33 bits per heavy atom. The van der Waals surface area contributed by atoms with Gasteiger partial charge in [0.2, 0.25) is 0 Å². The van der Waals surface area contributed by atoms with Crippen LogP contribution in [-0.4, -0.2) is 31.1 Å². The van der Waals surface area contributed by atoms with Crippen LogP contribution in [0.2, 0.25) is 0 Å². The summed E-state index contributed by atoms with van der Waals surface area (Å²) >= 11 is 0. The Labute approximate surface area is 75.1 Å². The number of carbonyl (C=O) groups is 1. The van der Waals surface area contributed by atoms with E-state index < -0.39 is 0 Å². The van der Waals surface area contributed by atoms with E-state index in [1.54, 1.807) is 4.90 Å². The van der Waals surface area contributed by atoms with Crippen LogP contribution >= 0.6 is 0 Å². The van der Waals surface area contributed by atoms with E-state index in [2.05, 4.69) is 12.2 Å². The van der Waals surface area contributed by atoms with Gasteiger partial charge in [-0.3, -0.25) is 0 Å². The fourth-order valence-electron chi connectivity index (χ4n) is 0.864. The van der Waals surface area contributed by atoms with Gasteiger partial charge in [-0.2, -0.15) is 0 Å². The number of hydrogen-bond acceptors (Lipinski definition) is 1. The van der Waals surface area contributed by atoms with Crippen molar-refractivity contribution < 1.29 is 4.79 Å². The minimum atomic E-state index is 0.0466. The smallest absolute Gasteiger partial charge is 0.317 e. The Morgan fingerprint density at radius 2 is 2.00 bits per heavy atom. The highest BCUT2D eigenvalue weighted by atomic mass is 16.2. The van der Waals surface area contributed by atoms with Crippen LogP contribution in [0.4, 0.5) is 4.79 Å². The molecule has 0 aliphatic rings. The molecule has 0 radical (unpaired) electrons. The van der Waals surface area contributed by atoms with E-state index >= 15 is 0 Å². The number of carbonyl (C=O) groups excluding carboxylic acids is 1. The van der Waals surface area contributed by atoms with Gasteiger partial charge in [0.05, 0.1) is 0 Å². The van der Waals surface area contributed by atoms with Crippen molar-refractivity contribution in [3.05, 3.63) is 0 Å². The molecule has 0 saturated heterocycles. The molecule has 2 amide bonds. The topological polar surface area (TPSA) is 32.3 Å². The second-order valence-electron chi connectivity index (χ2n) is 3.01. The highest BCUT2D eigenvalue weighted by Crippen LogP contribution is 1.91. The maximum atomic E-state index is 11.2. The Balaban J connectivity index is 3.47. The second kappa shape index (κ2) is 6.95. The monoisotopic (exact) mass is 172 g/mol. The highest BCUT2D eigenvalue weighted by molar-refractivity contribution is 5.73. The molecule has 72 valence electrons. The first-order valence-electron chi connectivity index (χ1n) is 4.71. The van der Waals surface area contributed by atoms with Crippen LogP contribution in [0, 0.1) is 0 Å². The molecule has 0 fully saturated rings. The summed E-state index contributed by atoms with van der Waals surface area (Å²) in [5, 5.41) is 2.83. The number of hydrogen-bond donors (Lipinski definition) is 1. The van der Waals surface area contributed by atoms with Gasteiger partial charge in [-0.15, -0.1) is 0 Å². The van der Waals surface area contributed by atoms with E-state index in [4.69, 9.17) is 0 Å². The summed E-state index contributed by atoms with van der Waals surface area (Å²) in [4.78, 5) is 13.0. The summed E-state index contributed by atoms with van der Waals surface area (Å²) in [5.41, 5.74) is 0. The summed E-state index contributed by atoms with van der Waals surface area (Å²) < 4.78 is 0. The number of nitrogens with zero attached hydrogens (tertiary/aromatic N) is 1. The quantitative estimate of drug-likeness (QED) is 0.674. The lowest BCUT2D eigenvalue weighted by Gasteiger charge is -2.16. The van der Waals surface area contributed by atoms with Gasteiger partial charge in [-0.1, -0.05) is 20.3 Å². The minimum Gasteiger partial charge on any atom is -0.338 e. The molecule has 0 unspecified atom stereocenters. The largest absolute Gasteiger partial charge is 0.338 e. The normalized spacial score (nSPS) is 9.58. The van der Waals surface area contributed by atoms with Crippen LogP contribution in [0.1, 0.15) is 33.1 Å². The average molecular weight is 172 g/mol. The Kier molecular flexibility index (Phi) is 6.53. The molecule has 0 heterocycles. The molecule has 1 N–H and O–H groups in total. The average Bonchev–Trinajstić information content (AvgIpc) is 2.10. The first-order valence-corrected chi connectivity index (χ1v) is 4.71. The van der Waals surface area contributed by atoms with Crippen LogP contribution < -0.4 is 5.32 Å². The molecule has 12 heavy (non-hydrogen) atoms. The molecule has 0 saturated carbocycles. The molecule has 0 aromatic heterocycles. The molecule has 0 bridgehead atoms. The number of nitrogens with one attached hydrogen (secondary N) is 1. The summed E-state index contributed by atoms with van der Waals surface area (Å²) in [6.45, 7) is 5.80. The van der Waals surface area contributed by atoms with Gasteiger partial charge in [0, 0.05) is 20.1 Å². The molecular formula is C9H20N2O. The van der Waals surface area contributed by atoms with Gasteiger partial charge in [-0.25, -0.2) is 4.79 Å². The summed E-state index contributed by atoms with van der Waals surface area (Å²) in [5.74, 6) is 0. The SMILES string of the molecule is CCCCN(C)C(=O)NCCC. The van der Waals surface area contributed by atoms with Crippen molar-refractivity contribution in [1.29, 1.82) is 0 Å². The zero-order valence-corrected chi connectivity index (χ0v) is 8.39. The van der Waals surface area contributed by atoms with E-state index in [1.807, 2.05) is 14.0 Å². The van der Waals surface area contributed by atoms with E-state index in [1.165, 1.54) is 0 Å². The summed E-state index contributed by atoms with van der Waals surface area (Å²) in [7, 11) is 1.83. The molecule has 0 aromatic rings. The summed E-state index contributed by atoms with van der Waals surface area (Å²) in [6.07, 6.45) is 3.20. The van der Waals surface area contributed by atoms with Gasteiger partial charge in [0.15, 0.2) is 0 Å².